The van der Waals surface area contributed by atoms with Crippen LogP contribution in [0.4, 0.5) is 0 Å². The van der Waals surface area contributed by atoms with Crippen LogP contribution in [0.1, 0.15) is 16.3 Å². The van der Waals surface area contributed by atoms with Crippen molar-refractivity contribution in [2.45, 2.75) is 12.6 Å². The summed E-state index contributed by atoms with van der Waals surface area (Å²) < 4.78 is 15.3. The molecule has 0 bridgehead atoms. The average molecular weight is 269 g/mol. The number of methoxy groups -OCH3 is 1. The van der Waals surface area contributed by atoms with Gasteiger partial charge in [-0.05, 0) is 12.1 Å². The second-order valence-electron chi connectivity index (χ2n) is 4.13. The standard InChI is InChI=1S/C12H15NO6/c1-17-6-8-2-3-10(19-8)11(14)13-4-5-18-7-9(13)12(15)16/h2-3,9H,4-7H2,1H3,(H,15,16)/t9-/m0/s1. The number of hydrogen-bond acceptors (Lipinski definition) is 5. The molecule has 2 heterocycles. The predicted octanol–water partition coefficient (Wildman–Crippen LogP) is 0.352. The Hall–Kier alpha value is -1.86. The van der Waals surface area contributed by atoms with Crippen molar-refractivity contribution in [2.75, 3.05) is 26.9 Å². The zero-order valence-corrected chi connectivity index (χ0v) is 10.5. The number of aliphatic carboxylic acids is 1. The maximum atomic E-state index is 12.2. The average Bonchev–Trinajstić information content (AvgIpc) is 2.87. The maximum Gasteiger partial charge on any atom is 0.328 e. The third-order valence-electron chi connectivity index (χ3n) is 2.83. The molecule has 1 aliphatic heterocycles. The molecule has 0 radical (unpaired) electrons. The van der Waals surface area contributed by atoms with E-state index in [0.717, 1.165) is 0 Å². The summed E-state index contributed by atoms with van der Waals surface area (Å²) in [5.41, 5.74) is 0. The zero-order valence-electron chi connectivity index (χ0n) is 10.5. The Bertz CT molecular complexity index is 469. The third kappa shape index (κ3) is 2.94. The van der Waals surface area contributed by atoms with Gasteiger partial charge in [0.1, 0.15) is 12.4 Å². The van der Waals surface area contributed by atoms with Crippen LogP contribution in [0.3, 0.4) is 0 Å². The Kier molecular flexibility index (Phi) is 4.18. The monoisotopic (exact) mass is 269 g/mol. The number of morpholine rings is 1. The molecule has 1 amide bonds. The first-order chi connectivity index (χ1) is 9.13. The normalized spacial score (nSPS) is 19.4. The lowest BCUT2D eigenvalue weighted by Crippen LogP contribution is -2.52. The van der Waals surface area contributed by atoms with Gasteiger partial charge in [-0.2, -0.15) is 0 Å². The van der Waals surface area contributed by atoms with Gasteiger partial charge >= 0.3 is 5.97 Å². The second-order valence-corrected chi connectivity index (χ2v) is 4.13. The summed E-state index contributed by atoms with van der Waals surface area (Å²) in [5.74, 6) is -0.902. The van der Waals surface area contributed by atoms with Crippen molar-refractivity contribution < 1.29 is 28.6 Å². The van der Waals surface area contributed by atoms with Gasteiger partial charge in [-0.15, -0.1) is 0 Å². The Labute approximate surface area is 109 Å². The molecular weight excluding hydrogens is 254 g/mol. The molecule has 0 saturated carbocycles. The number of rotatable bonds is 4. The molecule has 0 unspecified atom stereocenters. The van der Waals surface area contributed by atoms with Gasteiger partial charge in [-0.25, -0.2) is 4.79 Å². The van der Waals surface area contributed by atoms with Crippen molar-refractivity contribution >= 4 is 11.9 Å². The van der Waals surface area contributed by atoms with E-state index in [1.54, 1.807) is 6.07 Å². The summed E-state index contributed by atoms with van der Waals surface area (Å²) >= 11 is 0. The Morgan fingerprint density at radius 2 is 2.32 bits per heavy atom. The second kappa shape index (κ2) is 5.85. The minimum absolute atomic E-state index is 0.00723. The van der Waals surface area contributed by atoms with E-state index in [4.69, 9.17) is 19.0 Å². The highest BCUT2D eigenvalue weighted by atomic mass is 16.5. The van der Waals surface area contributed by atoms with Crippen molar-refractivity contribution in [3.63, 3.8) is 0 Å². The minimum atomic E-state index is -1.09. The summed E-state index contributed by atoms with van der Waals surface area (Å²) in [6, 6.07) is 2.18. The van der Waals surface area contributed by atoms with Gasteiger partial charge in [0.2, 0.25) is 0 Å². The van der Waals surface area contributed by atoms with Crippen molar-refractivity contribution in [1.29, 1.82) is 0 Å². The first-order valence-corrected chi connectivity index (χ1v) is 5.82. The predicted molar refractivity (Wildman–Crippen MR) is 62.7 cm³/mol. The molecule has 0 aromatic carbocycles. The van der Waals surface area contributed by atoms with E-state index in [1.165, 1.54) is 18.1 Å². The van der Waals surface area contributed by atoms with Crippen LogP contribution in [0.2, 0.25) is 0 Å². The SMILES string of the molecule is COCc1ccc(C(=O)N2CCOC[C@H]2C(=O)O)o1. The lowest BCUT2D eigenvalue weighted by Gasteiger charge is -2.32. The number of carboxylic acids is 1. The van der Waals surface area contributed by atoms with Crippen LogP contribution in [-0.2, 0) is 20.9 Å². The first kappa shape index (κ1) is 13.6. The van der Waals surface area contributed by atoms with Crippen LogP contribution in [0, 0.1) is 0 Å². The summed E-state index contributed by atoms with van der Waals surface area (Å²) in [4.78, 5) is 24.5. The molecule has 104 valence electrons. The molecule has 0 aliphatic carbocycles. The molecule has 1 aromatic heterocycles. The molecule has 7 nitrogen and oxygen atoms in total. The Morgan fingerprint density at radius 1 is 1.53 bits per heavy atom. The summed E-state index contributed by atoms with van der Waals surface area (Å²) in [6.45, 7) is 0.808. The van der Waals surface area contributed by atoms with E-state index < -0.39 is 17.9 Å². The topological polar surface area (TPSA) is 89.2 Å². The highest BCUT2D eigenvalue weighted by Gasteiger charge is 2.34. The van der Waals surface area contributed by atoms with Crippen molar-refractivity contribution in [3.8, 4) is 0 Å². The zero-order chi connectivity index (χ0) is 13.8. The molecule has 1 N–H and O–H groups in total. The third-order valence-corrected chi connectivity index (χ3v) is 2.83. The molecule has 1 fully saturated rings. The molecule has 19 heavy (non-hydrogen) atoms. The van der Waals surface area contributed by atoms with Gasteiger partial charge in [0.05, 0.1) is 13.2 Å². The molecule has 0 spiro atoms. The highest BCUT2D eigenvalue weighted by molar-refractivity contribution is 5.94. The molecule has 2 rings (SSSR count). The van der Waals surface area contributed by atoms with Gasteiger partial charge in [-0.1, -0.05) is 0 Å². The fourth-order valence-corrected chi connectivity index (χ4v) is 1.91. The van der Waals surface area contributed by atoms with Gasteiger partial charge in [-0.3, -0.25) is 4.79 Å². The first-order valence-electron chi connectivity index (χ1n) is 5.82. The number of hydrogen-bond donors (Lipinski definition) is 1. The van der Waals surface area contributed by atoms with E-state index >= 15 is 0 Å². The van der Waals surface area contributed by atoms with E-state index in [1.807, 2.05) is 0 Å². The van der Waals surface area contributed by atoms with E-state index in [9.17, 15) is 9.59 Å². The van der Waals surface area contributed by atoms with Gasteiger partial charge < -0.3 is 23.9 Å². The number of carbonyl (C=O) groups excluding carboxylic acids is 1. The van der Waals surface area contributed by atoms with Crippen molar-refractivity contribution in [2.24, 2.45) is 0 Å². The Balaban J connectivity index is 2.14. The number of amides is 1. The van der Waals surface area contributed by atoms with E-state index in [-0.39, 0.29) is 25.5 Å². The number of nitrogens with zero attached hydrogens (tertiary/aromatic N) is 1. The summed E-state index contributed by atoms with van der Waals surface area (Å²) in [7, 11) is 1.52. The molecule has 1 aromatic rings. The maximum absolute atomic E-state index is 12.2. The van der Waals surface area contributed by atoms with Crippen molar-refractivity contribution in [1.82, 2.24) is 4.90 Å². The van der Waals surface area contributed by atoms with E-state index in [0.29, 0.717) is 12.4 Å². The lowest BCUT2D eigenvalue weighted by molar-refractivity contribution is -0.147. The van der Waals surface area contributed by atoms with Crippen molar-refractivity contribution in [3.05, 3.63) is 23.7 Å². The quantitative estimate of drug-likeness (QED) is 0.848. The smallest absolute Gasteiger partial charge is 0.328 e. The largest absolute Gasteiger partial charge is 0.480 e. The summed E-state index contributed by atoms with van der Waals surface area (Å²) in [6.07, 6.45) is 0. The molecule has 1 aliphatic rings. The fraction of sp³-hybridized carbons (Fsp3) is 0.500. The van der Waals surface area contributed by atoms with Crippen LogP contribution < -0.4 is 0 Å². The number of carbonyl (C=O) groups is 2. The fourth-order valence-electron chi connectivity index (χ4n) is 1.91. The number of furan rings is 1. The molecular formula is C12H15NO6. The minimum Gasteiger partial charge on any atom is -0.480 e. The molecule has 1 saturated heterocycles. The number of ether oxygens (including phenoxy) is 2. The van der Waals surface area contributed by atoms with E-state index in [2.05, 4.69) is 0 Å². The molecule has 7 heteroatoms. The van der Waals surface area contributed by atoms with Gasteiger partial charge in [0.25, 0.3) is 5.91 Å². The van der Waals surface area contributed by atoms with Gasteiger partial charge in [0, 0.05) is 13.7 Å². The van der Waals surface area contributed by atoms with Crippen LogP contribution in [0.5, 0.6) is 0 Å². The van der Waals surface area contributed by atoms with Crippen LogP contribution in [0.25, 0.3) is 0 Å². The Morgan fingerprint density at radius 3 is 3.00 bits per heavy atom. The van der Waals surface area contributed by atoms with Crippen LogP contribution in [-0.4, -0.2) is 54.8 Å². The van der Waals surface area contributed by atoms with Gasteiger partial charge in [0.15, 0.2) is 11.8 Å². The molecule has 1 atom stereocenters. The summed E-state index contributed by atoms with van der Waals surface area (Å²) in [5, 5.41) is 9.07. The van der Waals surface area contributed by atoms with Crippen LogP contribution in [0.15, 0.2) is 16.5 Å². The highest BCUT2D eigenvalue weighted by Crippen LogP contribution is 2.16. The lowest BCUT2D eigenvalue weighted by atomic mass is 10.2. The number of carboxylic acid groups (broad SMARTS) is 1. The van der Waals surface area contributed by atoms with Crippen LogP contribution >= 0.6 is 0 Å².